The molecule has 156 valence electrons. The SMILES string of the molecule is COc1ccc(-c2c(C)nn(-c3ccccc3)c2N=Cc2ccc(Cl)cc2)cc1OC. The molecule has 0 aliphatic carbocycles. The van der Waals surface area contributed by atoms with Gasteiger partial charge in [-0.1, -0.05) is 48.0 Å². The Labute approximate surface area is 186 Å². The van der Waals surface area contributed by atoms with Gasteiger partial charge in [0.05, 0.1) is 25.6 Å². The Morgan fingerprint density at radius 1 is 0.903 bits per heavy atom. The van der Waals surface area contributed by atoms with Crippen LogP contribution < -0.4 is 9.47 Å². The highest BCUT2D eigenvalue weighted by Gasteiger charge is 2.19. The molecule has 0 saturated carbocycles. The van der Waals surface area contributed by atoms with Crippen LogP contribution in [-0.4, -0.2) is 30.2 Å². The zero-order valence-corrected chi connectivity index (χ0v) is 18.3. The lowest BCUT2D eigenvalue weighted by Gasteiger charge is -2.10. The average Bonchev–Trinajstić information content (AvgIpc) is 3.14. The quantitative estimate of drug-likeness (QED) is 0.338. The van der Waals surface area contributed by atoms with Crippen molar-refractivity contribution in [1.82, 2.24) is 9.78 Å². The topological polar surface area (TPSA) is 48.6 Å². The largest absolute Gasteiger partial charge is 0.493 e. The van der Waals surface area contributed by atoms with Crippen LogP contribution in [0.15, 0.2) is 77.8 Å². The molecule has 1 aromatic heterocycles. The number of hydrogen-bond donors (Lipinski definition) is 0. The van der Waals surface area contributed by atoms with Gasteiger partial charge in [0.25, 0.3) is 0 Å². The van der Waals surface area contributed by atoms with Crippen molar-refractivity contribution in [3.63, 3.8) is 0 Å². The zero-order chi connectivity index (χ0) is 21.8. The molecule has 0 unspecified atom stereocenters. The van der Waals surface area contributed by atoms with Crippen LogP contribution in [0.4, 0.5) is 5.82 Å². The Hall–Kier alpha value is -3.57. The summed E-state index contributed by atoms with van der Waals surface area (Å²) in [7, 11) is 3.25. The third kappa shape index (κ3) is 4.32. The van der Waals surface area contributed by atoms with Crippen LogP contribution in [0, 0.1) is 6.92 Å². The maximum Gasteiger partial charge on any atom is 0.163 e. The summed E-state index contributed by atoms with van der Waals surface area (Å²) in [4.78, 5) is 4.84. The molecule has 0 radical (unpaired) electrons. The lowest BCUT2D eigenvalue weighted by Crippen LogP contribution is -1.96. The summed E-state index contributed by atoms with van der Waals surface area (Å²) in [6, 6.07) is 23.3. The van der Waals surface area contributed by atoms with E-state index in [1.165, 1.54) is 0 Å². The molecule has 0 aliphatic heterocycles. The Bertz CT molecular complexity index is 1220. The van der Waals surface area contributed by atoms with E-state index in [2.05, 4.69) is 0 Å². The van der Waals surface area contributed by atoms with Crippen LogP contribution in [0.25, 0.3) is 16.8 Å². The maximum absolute atomic E-state index is 6.02. The van der Waals surface area contributed by atoms with Crippen LogP contribution in [0.5, 0.6) is 11.5 Å². The summed E-state index contributed by atoms with van der Waals surface area (Å²) in [5.41, 5.74) is 4.61. The van der Waals surface area contributed by atoms with Gasteiger partial charge in [0.15, 0.2) is 17.3 Å². The first-order valence-electron chi connectivity index (χ1n) is 9.78. The monoisotopic (exact) mass is 431 g/mol. The van der Waals surface area contributed by atoms with Gasteiger partial charge in [0.2, 0.25) is 0 Å². The average molecular weight is 432 g/mol. The number of hydrogen-bond acceptors (Lipinski definition) is 4. The molecule has 0 amide bonds. The lowest BCUT2D eigenvalue weighted by molar-refractivity contribution is 0.355. The Balaban J connectivity index is 1.89. The molecule has 3 aromatic carbocycles. The summed E-state index contributed by atoms with van der Waals surface area (Å²) < 4.78 is 12.8. The van der Waals surface area contributed by atoms with E-state index in [9.17, 15) is 0 Å². The first kappa shape index (κ1) is 20.7. The van der Waals surface area contributed by atoms with Crippen LogP contribution in [0.1, 0.15) is 11.3 Å². The molecule has 4 aromatic rings. The molecule has 5 nitrogen and oxygen atoms in total. The van der Waals surface area contributed by atoms with E-state index < -0.39 is 0 Å². The Morgan fingerprint density at radius 2 is 1.61 bits per heavy atom. The second-order valence-electron chi connectivity index (χ2n) is 6.91. The molecule has 0 spiro atoms. The number of rotatable bonds is 6. The number of ether oxygens (including phenoxy) is 2. The van der Waals surface area contributed by atoms with Gasteiger partial charge >= 0.3 is 0 Å². The summed E-state index contributed by atoms with van der Waals surface area (Å²) >= 11 is 6.02. The molecular weight excluding hydrogens is 410 g/mol. The van der Waals surface area contributed by atoms with Crippen molar-refractivity contribution in [3.8, 4) is 28.3 Å². The molecule has 0 saturated heterocycles. The highest BCUT2D eigenvalue weighted by Crippen LogP contribution is 2.39. The number of para-hydroxylation sites is 1. The van der Waals surface area contributed by atoms with E-state index in [0.29, 0.717) is 16.5 Å². The zero-order valence-electron chi connectivity index (χ0n) is 17.5. The predicted octanol–water partition coefficient (Wildman–Crippen LogP) is 6.27. The molecule has 31 heavy (non-hydrogen) atoms. The number of benzene rings is 3. The lowest BCUT2D eigenvalue weighted by atomic mass is 10.0. The normalized spacial score (nSPS) is 11.1. The molecular formula is C25H22ClN3O2. The van der Waals surface area contributed by atoms with E-state index in [4.69, 9.17) is 31.2 Å². The van der Waals surface area contributed by atoms with Crippen LogP contribution in [-0.2, 0) is 0 Å². The summed E-state index contributed by atoms with van der Waals surface area (Å²) in [6.45, 7) is 1.98. The van der Waals surface area contributed by atoms with Crippen molar-refractivity contribution in [2.45, 2.75) is 6.92 Å². The fourth-order valence-electron chi connectivity index (χ4n) is 3.40. The summed E-state index contributed by atoms with van der Waals surface area (Å²) in [6.07, 6.45) is 1.82. The maximum atomic E-state index is 6.02. The molecule has 0 bridgehead atoms. The van der Waals surface area contributed by atoms with E-state index in [-0.39, 0.29) is 0 Å². The number of halogens is 1. The van der Waals surface area contributed by atoms with Crippen molar-refractivity contribution in [1.29, 1.82) is 0 Å². The van der Waals surface area contributed by atoms with Crippen molar-refractivity contribution < 1.29 is 9.47 Å². The number of aromatic nitrogens is 2. The second-order valence-corrected chi connectivity index (χ2v) is 7.35. The number of nitrogens with zero attached hydrogens (tertiary/aromatic N) is 3. The van der Waals surface area contributed by atoms with Gasteiger partial charge < -0.3 is 9.47 Å². The fraction of sp³-hybridized carbons (Fsp3) is 0.120. The first-order chi connectivity index (χ1) is 15.1. The van der Waals surface area contributed by atoms with Crippen molar-refractivity contribution >= 4 is 23.6 Å². The van der Waals surface area contributed by atoms with Crippen molar-refractivity contribution in [2.24, 2.45) is 4.99 Å². The van der Waals surface area contributed by atoms with Gasteiger partial charge in [-0.05, 0) is 54.4 Å². The third-order valence-corrected chi connectivity index (χ3v) is 5.17. The smallest absolute Gasteiger partial charge is 0.163 e. The first-order valence-corrected chi connectivity index (χ1v) is 10.2. The van der Waals surface area contributed by atoms with Crippen LogP contribution in [0.3, 0.4) is 0 Å². The summed E-state index contributed by atoms with van der Waals surface area (Å²) in [5, 5.41) is 5.48. The molecule has 4 rings (SSSR count). The number of aryl methyl sites for hydroxylation is 1. The minimum atomic E-state index is 0.652. The van der Waals surface area contributed by atoms with Gasteiger partial charge in [0, 0.05) is 16.8 Å². The number of methoxy groups -OCH3 is 2. The third-order valence-electron chi connectivity index (χ3n) is 4.91. The minimum absolute atomic E-state index is 0.652. The molecule has 1 heterocycles. The van der Waals surface area contributed by atoms with Crippen molar-refractivity contribution in [2.75, 3.05) is 14.2 Å². The van der Waals surface area contributed by atoms with Crippen LogP contribution >= 0.6 is 11.6 Å². The molecule has 6 heteroatoms. The standard InChI is InChI=1S/C25H22ClN3O2/c1-17-24(19-11-14-22(30-2)23(15-19)31-3)25(27-16-18-9-12-20(26)13-10-18)29(28-17)21-7-5-4-6-8-21/h4-16H,1-3H3. The van der Waals surface area contributed by atoms with Gasteiger partial charge in [-0.3, -0.25) is 0 Å². The van der Waals surface area contributed by atoms with Gasteiger partial charge in [0.1, 0.15) is 0 Å². The Kier molecular flexibility index (Phi) is 6.05. The second kappa shape index (κ2) is 9.06. The van der Waals surface area contributed by atoms with E-state index in [0.717, 1.165) is 33.9 Å². The highest BCUT2D eigenvalue weighted by molar-refractivity contribution is 6.30. The molecule has 0 atom stereocenters. The highest BCUT2D eigenvalue weighted by atomic mass is 35.5. The van der Waals surface area contributed by atoms with E-state index in [1.54, 1.807) is 14.2 Å². The van der Waals surface area contributed by atoms with Gasteiger partial charge in [-0.2, -0.15) is 5.10 Å². The van der Waals surface area contributed by atoms with Gasteiger partial charge in [-0.15, -0.1) is 0 Å². The van der Waals surface area contributed by atoms with E-state index in [1.807, 2.05) is 90.6 Å². The molecule has 0 fully saturated rings. The Morgan fingerprint density at radius 3 is 2.29 bits per heavy atom. The van der Waals surface area contributed by atoms with Crippen LogP contribution in [0.2, 0.25) is 5.02 Å². The van der Waals surface area contributed by atoms with Crippen molar-refractivity contribution in [3.05, 3.63) is 89.1 Å². The molecule has 0 aliphatic rings. The summed E-state index contributed by atoms with van der Waals surface area (Å²) in [5.74, 6) is 2.05. The fourth-order valence-corrected chi connectivity index (χ4v) is 3.52. The molecule has 0 N–H and O–H groups in total. The van der Waals surface area contributed by atoms with E-state index >= 15 is 0 Å². The van der Waals surface area contributed by atoms with Gasteiger partial charge in [-0.25, -0.2) is 9.67 Å². The minimum Gasteiger partial charge on any atom is -0.493 e. The predicted molar refractivity (Wildman–Crippen MR) is 126 cm³/mol. The number of aliphatic imine (C=N–C) groups is 1.